The van der Waals surface area contributed by atoms with Crippen molar-refractivity contribution in [3.05, 3.63) is 76.6 Å². The summed E-state index contributed by atoms with van der Waals surface area (Å²) in [4.78, 5) is 25.5. The molecule has 0 unspecified atom stereocenters. The Kier molecular flexibility index (Phi) is 6.73. The van der Waals surface area contributed by atoms with E-state index in [0.717, 1.165) is 36.8 Å². The molecule has 0 atom stereocenters. The van der Waals surface area contributed by atoms with Crippen LogP contribution in [-0.4, -0.2) is 22.6 Å². The minimum atomic E-state index is -0.482. The monoisotopic (exact) mass is 375 g/mol. The number of hydrogen-bond acceptors (Lipinski definition) is 3. The van der Waals surface area contributed by atoms with Crippen molar-refractivity contribution in [2.45, 2.75) is 32.6 Å². The van der Waals surface area contributed by atoms with Gasteiger partial charge in [-0.15, -0.1) is 0 Å². The standard InChI is InChI=1S/C23H25N3O2/c1-2-3-4-11-16-24-22(27)20-19(17-12-7-5-8-13-17)21(25-26-23(20)28)18-14-9-6-10-15-18/h5-10,12-15H,2-4,11,16H2,1H3,(H,24,27)(H,26,28). The molecule has 0 aliphatic carbocycles. The Bertz CT molecular complexity index is 966. The zero-order valence-corrected chi connectivity index (χ0v) is 16.1. The van der Waals surface area contributed by atoms with Crippen LogP contribution in [0.25, 0.3) is 22.4 Å². The molecule has 0 aliphatic heterocycles. The largest absolute Gasteiger partial charge is 0.352 e. The van der Waals surface area contributed by atoms with Crippen molar-refractivity contribution in [2.75, 3.05) is 6.54 Å². The minimum absolute atomic E-state index is 0.107. The number of rotatable bonds is 8. The lowest BCUT2D eigenvalue weighted by Crippen LogP contribution is -2.32. The third kappa shape index (κ3) is 4.55. The SMILES string of the molecule is CCCCCCNC(=O)c1c(-c2ccccc2)c(-c2ccccc2)n[nH]c1=O. The van der Waals surface area contributed by atoms with Crippen LogP contribution in [0.2, 0.25) is 0 Å². The maximum Gasteiger partial charge on any atom is 0.277 e. The Labute approximate surface area is 164 Å². The highest BCUT2D eigenvalue weighted by atomic mass is 16.2. The Morgan fingerprint density at radius 2 is 1.57 bits per heavy atom. The van der Waals surface area contributed by atoms with Crippen LogP contribution in [0.5, 0.6) is 0 Å². The van der Waals surface area contributed by atoms with E-state index in [0.29, 0.717) is 17.8 Å². The molecule has 0 bridgehead atoms. The van der Waals surface area contributed by atoms with Gasteiger partial charge in [-0.2, -0.15) is 5.10 Å². The van der Waals surface area contributed by atoms with E-state index < -0.39 is 5.56 Å². The van der Waals surface area contributed by atoms with Crippen molar-refractivity contribution in [3.63, 3.8) is 0 Å². The van der Waals surface area contributed by atoms with E-state index in [9.17, 15) is 9.59 Å². The van der Waals surface area contributed by atoms with Crippen LogP contribution >= 0.6 is 0 Å². The van der Waals surface area contributed by atoms with Gasteiger partial charge in [-0.05, 0) is 12.0 Å². The molecule has 144 valence electrons. The van der Waals surface area contributed by atoms with Gasteiger partial charge in [-0.3, -0.25) is 9.59 Å². The second kappa shape index (κ2) is 9.65. The van der Waals surface area contributed by atoms with E-state index in [1.807, 2.05) is 60.7 Å². The highest BCUT2D eigenvalue weighted by Crippen LogP contribution is 2.31. The number of aromatic nitrogens is 2. The van der Waals surface area contributed by atoms with Crippen LogP contribution in [-0.2, 0) is 0 Å². The Morgan fingerprint density at radius 1 is 0.929 bits per heavy atom. The molecular weight excluding hydrogens is 350 g/mol. The van der Waals surface area contributed by atoms with Gasteiger partial charge < -0.3 is 5.32 Å². The summed E-state index contributed by atoms with van der Waals surface area (Å²) in [6.45, 7) is 2.70. The number of H-pyrrole nitrogens is 1. The lowest BCUT2D eigenvalue weighted by molar-refractivity contribution is 0.0952. The van der Waals surface area contributed by atoms with E-state index in [4.69, 9.17) is 0 Å². The fourth-order valence-corrected chi connectivity index (χ4v) is 3.20. The molecule has 1 heterocycles. The average molecular weight is 375 g/mol. The Balaban J connectivity index is 2.04. The predicted octanol–water partition coefficient (Wildman–Crippen LogP) is 4.41. The highest BCUT2D eigenvalue weighted by Gasteiger charge is 2.22. The molecule has 3 rings (SSSR count). The number of nitrogens with zero attached hydrogens (tertiary/aromatic N) is 1. The van der Waals surface area contributed by atoms with Gasteiger partial charge >= 0.3 is 0 Å². The Hall–Kier alpha value is -3.21. The molecule has 0 radical (unpaired) electrons. The third-order valence-corrected chi connectivity index (χ3v) is 4.64. The summed E-state index contributed by atoms with van der Waals surface area (Å²) in [5.74, 6) is -0.365. The summed E-state index contributed by atoms with van der Waals surface area (Å²) in [6, 6.07) is 19.0. The summed E-state index contributed by atoms with van der Waals surface area (Å²) in [7, 11) is 0. The van der Waals surface area contributed by atoms with Crippen LogP contribution in [0.1, 0.15) is 43.0 Å². The quantitative estimate of drug-likeness (QED) is 0.573. The van der Waals surface area contributed by atoms with Crippen molar-refractivity contribution in [3.8, 4) is 22.4 Å². The molecule has 5 nitrogen and oxygen atoms in total. The molecule has 0 fully saturated rings. The van der Waals surface area contributed by atoms with E-state index >= 15 is 0 Å². The average Bonchev–Trinajstić information content (AvgIpc) is 2.74. The first-order chi connectivity index (χ1) is 13.7. The molecule has 0 spiro atoms. The molecule has 1 amide bonds. The van der Waals surface area contributed by atoms with Gasteiger partial charge in [0.05, 0.1) is 5.69 Å². The van der Waals surface area contributed by atoms with Gasteiger partial charge in [0.1, 0.15) is 5.56 Å². The fourth-order valence-electron chi connectivity index (χ4n) is 3.20. The topological polar surface area (TPSA) is 74.8 Å². The van der Waals surface area contributed by atoms with Crippen molar-refractivity contribution >= 4 is 5.91 Å². The van der Waals surface area contributed by atoms with Crippen molar-refractivity contribution < 1.29 is 4.79 Å². The normalized spacial score (nSPS) is 10.6. The van der Waals surface area contributed by atoms with Gasteiger partial charge in [0.15, 0.2) is 0 Å². The number of amides is 1. The number of carbonyl (C=O) groups is 1. The molecule has 3 aromatic rings. The molecular formula is C23H25N3O2. The van der Waals surface area contributed by atoms with Gasteiger partial charge in [-0.1, -0.05) is 86.8 Å². The molecule has 5 heteroatoms. The molecule has 1 aromatic heterocycles. The van der Waals surface area contributed by atoms with Gasteiger partial charge in [0, 0.05) is 17.7 Å². The Morgan fingerprint density at radius 3 is 2.21 bits per heavy atom. The summed E-state index contributed by atoms with van der Waals surface area (Å²) >= 11 is 0. The highest BCUT2D eigenvalue weighted by molar-refractivity contribution is 6.03. The molecule has 2 N–H and O–H groups in total. The second-order valence-electron chi connectivity index (χ2n) is 6.70. The van der Waals surface area contributed by atoms with Crippen LogP contribution in [0.4, 0.5) is 0 Å². The first-order valence-corrected chi connectivity index (χ1v) is 9.74. The maximum atomic E-state index is 12.9. The summed E-state index contributed by atoms with van der Waals surface area (Å²) in [5.41, 5.74) is 2.40. The molecule has 0 saturated heterocycles. The summed E-state index contributed by atoms with van der Waals surface area (Å²) in [6.07, 6.45) is 4.23. The van der Waals surface area contributed by atoms with Crippen LogP contribution < -0.4 is 10.9 Å². The van der Waals surface area contributed by atoms with Crippen LogP contribution in [0.15, 0.2) is 65.5 Å². The van der Waals surface area contributed by atoms with Gasteiger partial charge in [-0.25, -0.2) is 5.10 Å². The van der Waals surface area contributed by atoms with Crippen molar-refractivity contribution in [1.82, 2.24) is 15.5 Å². The lowest BCUT2D eigenvalue weighted by atomic mass is 9.95. The molecule has 0 aliphatic rings. The van der Waals surface area contributed by atoms with E-state index in [-0.39, 0.29) is 11.5 Å². The number of hydrogen-bond donors (Lipinski definition) is 2. The van der Waals surface area contributed by atoms with E-state index in [1.165, 1.54) is 0 Å². The zero-order chi connectivity index (χ0) is 19.8. The molecule has 28 heavy (non-hydrogen) atoms. The van der Waals surface area contributed by atoms with E-state index in [2.05, 4.69) is 22.4 Å². The zero-order valence-electron chi connectivity index (χ0n) is 16.1. The minimum Gasteiger partial charge on any atom is -0.352 e. The number of unbranched alkanes of at least 4 members (excludes halogenated alkanes) is 3. The first-order valence-electron chi connectivity index (χ1n) is 9.74. The fraction of sp³-hybridized carbons (Fsp3) is 0.261. The number of aromatic amines is 1. The van der Waals surface area contributed by atoms with E-state index in [1.54, 1.807) is 0 Å². The predicted molar refractivity (Wildman–Crippen MR) is 112 cm³/mol. The van der Waals surface area contributed by atoms with Crippen molar-refractivity contribution in [1.29, 1.82) is 0 Å². The van der Waals surface area contributed by atoms with Gasteiger partial charge in [0.2, 0.25) is 0 Å². The van der Waals surface area contributed by atoms with Crippen molar-refractivity contribution in [2.24, 2.45) is 0 Å². The van der Waals surface area contributed by atoms with Crippen LogP contribution in [0.3, 0.4) is 0 Å². The third-order valence-electron chi connectivity index (χ3n) is 4.64. The number of nitrogens with one attached hydrogen (secondary N) is 2. The number of benzene rings is 2. The molecule has 0 saturated carbocycles. The van der Waals surface area contributed by atoms with Gasteiger partial charge in [0.25, 0.3) is 11.5 Å². The number of carbonyl (C=O) groups excluding carboxylic acids is 1. The first kappa shape index (κ1) is 19.5. The van der Waals surface area contributed by atoms with Crippen LogP contribution in [0, 0.1) is 0 Å². The summed E-state index contributed by atoms with van der Waals surface area (Å²) < 4.78 is 0. The molecule has 2 aromatic carbocycles. The summed E-state index contributed by atoms with van der Waals surface area (Å²) in [5, 5.41) is 9.67. The smallest absolute Gasteiger partial charge is 0.277 e. The lowest BCUT2D eigenvalue weighted by Gasteiger charge is -2.14. The second-order valence-corrected chi connectivity index (χ2v) is 6.70. The maximum absolute atomic E-state index is 12.9.